The number of rotatable bonds is 8. The predicted molar refractivity (Wildman–Crippen MR) is 114 cm³/mol. The van der Waals surface area contributed by atoms with Gasteiger partial charge < -0.3 is 9.84 Å². The summed E-state index contributed by atoms with van der Waals surface area (Å²) in [5, 5.41) is 14.1. The number of hydrazone groups is 1. The van der Waals surface area contributed by atoms with Crippen LogP contribution in [-0.2, 0) is 13.0 Å². The number of aromatic hydroxyl groups is 1. The summed E-state index contributed by atoms with van der Waals surface area (Å²) in [4.78, 5) is 12.2. The van der Waals surface area contributed by atoms with Gasteiger partial charge in [0.05, 0.1) is 6.21 Å². The average Bonchev–Trinajstić information content (AvgIpc) is 2.76. The van der Waals surface area contributed by atoms with E-state index >= 15 is 0 Å². The number of nitrogens with zero attached hydrogens (tertiary/aromatic N) is 1. The van der Waals surface area contributed by atoms with Gasteiger partial charge in [-0.05, 0) is 47.9 Å². The standard InChI is InChI=1S/C24H22N2O3/c1-2-7-19-10-6-11-21(23(19)27)16-25-26-24(28)20-12-14-22(15-13-20)29-17-18-8-4-3-5-9-18/h2-6,8-16,27H,1,7,17H2,(H,26,28). The van der Waals surface area contributed by atoms with Crippen LogP contribution in [0.3, 0.4) is 0 Å². The summed E-state index contributed by atoms with van der Waals surface area (Å²) < 4.78 is 5.71. The molecule has 0 saturated carbocycles. The highest BCUT2D eigenvalue weighted by Crippen LogP contribution is 2.21. The second-order valence-corrected chi connectivity index (χ2v) is 6.35. The van der Waals surface area contributed by atoms with Gasteiger partial charge in [-0.3, -0.25) is 4.79 Å². The molecule has 29 heavy (non-hydrogen) atoms. The summed E-state index contributed by atoms with van der Waals surface area (Å²) in [7, 11) is 0. The van der Waals surface area contributed by atoms with Crippen LogP contribution in [0.15, 0.2) is 90.6 Å². The van der Waals surface area contributed by atoms with Crippen molar-refractivity contribution in [2.75, 3.05) is 0 Å². The molecule has 0 fully saturated rings. The molecule has 3 aromatic carbocycles. The third-order valence-electron chi connectivity index (χ3n) is 4.25. The first-order valence-corrected chi connectivity index (χ1v) is 9.19. The lowest BCUT2D eigenvalue weighted by Crippen LogP contribution is -2.17. The molecule has 0 atom stereocenters. The Balaban J connectivity index is 1.56. The Hall–Kier alpha value is -3.86. The molecule has 0 aliphatic rings. The van der Waals surface area contributed by atoms with E-state index in [4.69, 9.17) is 4.74 Å². The van der Waals surface area contributed by atoms with Crippen molar-refractivity contribution in [1.29, 1.82) is 0 Å². The van der Waals surface area contributed by atoms with Crippen LogP contribution in [0.25, 0.3) is 0 Å². The van der Waals surface area contributed by atoms with Crippen molar-refractivity contribution in [3.63, 3.8) is 0 Å². The zero-order chi connectivity index (χ0) is 20.5. The fourth-order valence-corrected chi connectivity index (χ4v) is 2.70. The summed E-state index contributed by atoms with van der Waals surface area (Å²) in [6.45, 7) is 4.13. The van der Waals surface area contributed by atoms with Crippen LogP contribution in [0, 0.1) is 0 Å². The van der Waals surface area contributed by atoms with Crippen LogP contribution >= 0.6 is 0 Å². The van der Waals surface area contributed by atoms with Gasteiger partial charge in [0.15, 0.2) is 0 Å². The van der Waals surface area contributed by atoms with Crippen LogP contribution in [0.5, 0.6) is 11.5 Å². The molecule has 0 spiro atoms. The molecule has 0 aromatic heterocycles. The normalized spacial score (nSPS) is 10.6. The SMILES string of the molecule is C=CCc1cccc(C=NNC(=O)c2ccc(OCc3ccccc3)cc2)c1O. The molecule has 0 saturated heterocycles. The molecule has 0 heterocycles. The maximum Gasteiger partial charge on any atom is 0.271 e. The monoisotopic (exact) mass is 386 g/mol. The number of benzene rings is 3. The van der Waals surface area contributed by atoms with E-state index in [1.54, 1.807) is 36.4 Å². The molecule has 1 amide bonds. The molecule has 3 rings (SSSR count). The second kappa shape index (κ2) is 9.90. The Kier molecular flexibility index (Phi) is 6.79. The first-order chi connectivity index (χ1) is 14.2. The van der Waals surface area contributed by atoms with E-state index < -0.39 is 0 Å². The predicted octanol–water partition coefficient (Wildman–Crippen LogP) is 4.46. The number of nitrogens with one attached hydrogen (secondary N) is 1. The van der Waals surface area contributed by atoms with E-state index in [0.29, 0.717) is 29.9 Å². The molecule has 146 valence electrons. The van der Waals surface area contributed by atoms with Crippen molar-refractivity contribution >= 4 is 12.1 Å². The minimum absolute atomic E-state index is 0.130. The van der Waals surface area contributed by atoms with Gasteiger partial charge in [0.25, 0.3) is 5.91 Å². The van der Waals surface area contributed by atoms with E-state index in [-0.39, 0.29) is 11.7 Å². The molecule has 0 radical (unpaired) electrons. The molecular weight excluding hydrogens is 364 g/mol. The number of carbonyl (C=O) groups excluding carboxylic acids is 1. The Labute approximate surface area is 170 Å². The zero-order valence-corrected chi connectivity index (χ0v) is 15.9. The molecule has 5 heteroatoms. The number of hydrogen-bond donors (Lipinski definition) is 2. The Morgan fingerprint density at radius 2 is 1.79 bits per heavy atom. The number of hydrogen-bond acceptors (Lipinski definition) is 4. The second-order valence-electron chi connectivity index (χ2n) is 6.35. The number of amides is 1. The minimum atomic E-state index is -0.349. The largest absolute Gasteiger partial charge is 0.507 e. The van der Waals surface area contributed by atoms with Gasteiger partial charge in [-0.25, -0.2) is 5.43 Å². The fraction of sp³-hybridized carbons (Fsp3) is 0.0833. The summed E-state index contributed by atoms with van der Waals surface area (Å²) in [5.41, 5.74) is 5.27. The highest BCUT2D eigenvalue weighted by atomic mass is 16.5. The highest BCUT2D eigenvalue weighted by Gasteiger charge is 2.06. The maximum absolute atomic E-state index is 12.2. The van der Waals surface area contributed by atoms with Crippen LogP contribution in [-0.4, -0.2) is 17.2 Å². The van der Waals surface area contributed by atoms with Crippen molar-refractivity contribution in [3.8, 4) is 11.5 Å². The Morgan fingerprint density at radius 3 is 2.52 bits per heavy atom. The number of phenols is 1. The van der Waals surface area contributed by atoms with Gasteiger partial charge in [-0.15, -0.1) is 6.58 Å². The minimum Gasteiger partial charge on any atom is -0.507 e. The lowest BCUT2D eigenvalue weighted by molar-refractivity contribution is 0.0955. The van der Waals surface area contributed by atoms with Crippen molar-refractivity contribution in [2.24, 2.45) is 5.10 Å². The molecule has 0 aliphatic carbocycles. The third-order valence-corrected chi connectivity index (χ3v) is 4.25. The maximum atomic E-state index is 12.2. The van der Waals surface area contributed by atoms with Crippen LogP contribution in [0.2, 0.25) is 0 Å². The van der Waals surface area contributed by atoms with E-state index in [9.17, 15) is 9.90 Å². The zero-order valence-electron chi connectivity index (χ0n) is 15.9. The van der Waals surface area contributed by atoms with Gasteiger partial charge in [0.2, 0.25) is 0 Å². The van der Waals surface area contributed by atoms with E-state index in [2.05, 4.69) is 17.1 Å². The molecular formula is C24H22N2O3. The molecule has 0 unspecified atom stereocenters. The van der Waals surface area contributed by atoms with E-state index in [1.165, 1.54) is 6.21 Å². The summed E-state index contributed by atoms with van der Waals surface area (Å²) >= 11 is 0. The first-order valence-electron chi connectivity index (χ1n) is 9.19. The number of ether oxygens (including phenoxy) is 1. The smallest absolute Gasteiger partial charge is 0.271 e. The first kappa shape index (κ1) is 19.9. The lowest BCUT2D eigenvalue weighted by atomic mass is 10.1. The molecule has 0 bridgehead atoms. The molecule has 2 N–H and O–H groups in total. The van der Waals surface area contributed by atoms with Crippen LogP contribution in [0.4, 0.5) is 0 Å². The van der Waals surface area contributed by atoms with Gasteiger partial charge >= 0.3 is 0 Å². The number of allylic oxidation sites excluding steroid dienone is 1. The Morgan fingerprint density at radius 1 is 1.03 bits per heavy atom. The van der Waals surface area contributed by atoms with E-state index in [0.717, 1.165) is 11.1 Å². The summed E-state index contributed by atoms with van der Waals surface area (Å²) in [6, 6.07) is 22.0. The topological polar surface area (TPSA) is 70.9 Å². The van der Waals surface area contributed by atoms with E-state index in [1.807, 2.05) is 42.5 Å². The van der Waals surface area contributed by atoms with Crippen LogP contribution < -0.4 is 10.2 Å². The number of carbonyl (C=O) groups is 1. The van der Waals surface area contributed by atoms with Crippen molar-refractivity contribution < 1.29 is 14.6 Å². The summed E-state index contributed by atoms with van der Waals surface area (Å²) in [6.07, 6.45) is 3.68. The van der Waals surface area contributed by atoms with Crippen molar-refractivity contribution in [3.05, 3.63) is 108 Å². The highest BCUT2D eigenvalue weighted by molar-refractivity contribution is 5.95. The lowest BCUT2D eigenvalue weighted by Gasteiger charge is -2.07. The van der Waals surface area contributed by atoms with Gasteiger partial charge in [-0.1, -0.05) is 48.5 Å². The van der Waals surface area contributed by atoms with Gasteiger partial charge in [0.1, 0.15) is 18.1 Å². The average molecular weight is 386 g/mol. The fourth-order valence-electron chi connectivity index (χ4n) is 2.70. The molecule has 0 aliphatic heterocycles. The number of para-hydroxylation sites is 1. The van der Waals surface area contributed by atoms with Crippen molar-refractivity contribution in [1.82, 2.24) is 5.43 Å². The third kappa shape index (κ3) is 5.56. The molecule has 5 nitrogen and oxygen atoms in total. The number of phenolic OH excluding ortho intramolecular Hbond substituents is 1. The van der Waals surface area contributed by atoms with Gasteiger partial charge in [-0.2, -0.15) is 5.10 Å². The van der Waals surface area contributed by atoms with Gasteiger partial charge in [0, 0.05) is 11.1 Å². The van der Waals surface area contributed by atoms with Crippen molar-refractivity contribution in [2.45, 2.75) is 13.0 Å². The quantitative estimate of drug-likeness (QED) is 0.341. The summed E-state index contributed by atoms with van der Waals surface area (Å²) in [5.74, 6) is 0.459. The Bertz CT molecular complexity index is 996. The molecule has 3 aromatic rings. The van der Waals surface area contributed by atoms with Crippen LogP contribution in [0.1, 0.15) is 27.0 Å².